The summed E-state index contributed by atoms with van der Waals surface area (Å²) in [6.45, 7) is 8.45. The molecular weight excluding hydrogens is 332 g/mol. The van der Waals surface area contributed by atoms with Gasteiger partial charge in [0.1, 0.15) is 15.9 Å². The van der Waals surface area contributed by atoms with Crippen LogP contribution in [0.3, 0.4) is 0 Å². The number of nitrogens with one attached hydrogen (secondary N) is 1. The minimum Gasteiger partial charge on any atom is -0.370 e. The van der Waals surface area contributed by atoms with Crippen LogP contribution < -0.4 is 5.56 Å². The number of rotatable bonds is 2. The topological polar surface area (TPSA) is 55.0 Å². The molecule has 1 aliphatic carbocycles. The van der Waals surface area contributed by atoms with E-state index in [0.29, 0.717) is 16.2 Å². The standard InChI is InChI=1S/C16H25BrN2O2/c1-10-6-8-16(21-5,9-7-10)14-18-12(15(2,3)4)11(17)13(20)19-14/h10H,6-9H2,1-5H3,(H,18,19,20). The Kier molecular flexibility index (Phi) is 4.64. The third-order valence-corrected chi connectivity index (χ3v) is 5.21. The van der Waals surface area contributed by atoms with Crippen LogP contribution in [0.2, 0.25) is 0 Å². The summed E-state index contributed by atoms with van der Waals surface area (Å²) in [6, 6.07) is 0. The van der Waals surface area contributed by atoms with E-state index in [1.807, 2.05) is 0 Å². The van der Waals surface area contributed by atoms with E-state index >= 15 is 0 Å². The number of ether oxygens (including phenoxy) is 1. The average Bonchev–Trinajstić information content (AvgIpc) is 2.42. The zero-order chi connectivity index (χ0) is 15.8. The maximum absolute atomic E-state index is 12.3. The SMILES string of the molecule is COC1(c2nc(C(C)(C)C)c(Br)c(=O)[nH]2)CCC(C)CC1. The second kappa shape index (κ2) is 5.84. The molecule has 0 radical (unpaired) electrons. The normalized spacial score (nSPS) is 26.9. The monoisotopic (exact) mass is 356 g/mol. The lowest BCUT2D eigenvalue weighted by atomic mass is 9.78. The lowest BCUT2D eigenvalue weighted by Gasteiger charge is -2.37. The molecule has 0 atom stereocenters. The molecule has 2 rings (SSSR count). The van der Waals surface area contributed by atoms with Crippen LogP contribution in [-0.2, 0) is 15.8 Å². The fourth-order valence-corrected chi connectivity index (χ4v) is 3.72. The van der Waals surface area contributed by atoms with Gasteiger partial charge in [0.2, 0.25) is 0 Å². The van der Waals surface area contributed by atoms with E-state index in [9.17, 15) is 4.79 Å². The van der Waals surface area contributed by atoms with Gasteiger partial charge in [-0.1, -0.05) is 27.7 Å². The quantitative estimate of drug-likeness (QED) is 0.874. The number of halogens is 1. The predicted molar refractivity (Wildman–Crippen MR) is 87.6 cm³/mol. The first-order valence-corrected chi connectivity index (χ1v) is 8.35. The molecule has 1 aromatic rings. The Balaban J connectivity index is 2.53. The number of hydrogen-bond donors (Lipinski definition) is 1. The number of aromatic amines is 1. The molecule has 0 aromatic carbocycles. The van der Waals surface area contributed by atoms with Crippen molar-refractivity contribution in [1.82, 2.24) is 9.97 Å². The number of nitrogens with zero attached hydrogens (tertiary/aromatic N) is 1. The van der Waals surface area contributed by atoms with Crippen molar-refractivity contribution in [3.8, 4) is 0 Å². The molecule has 1 N–H and O–H groups in total. The van der Waals surface area contributed by atoms with Gasteiger partial charge in [0.15, 0.2) is 0 Å². The lowest BCUT2D eigenvalue weighted by Crippen LogP contribution is -2.38. The van der Waals surface area contributed by atoms with Gasteiger partial charge >= 0.3 is 0 Å². The molecule has 1 aliphatic rings. The highest BCUT2D eigenvalue weighted by Crippen LogP contribution is 2.41. The summed E-state index contributed by atoms with van der Waals surface area (Å²) in [4.78, 5) is 20.0. The molecule has 0 spiro atoms. The number of H-pyrrole nitrogens is 1. The summed E-state index contributed by atoms with van der Waals surface area (Å²) in [5, 5.41) is 0. The van der Waals surface area contributed by atoms with Crippen molar-refractivity contribution in [2.24, 2.45) is 5.92 Å². The zero-order valence-corrected chi connectivity index (χ0v) is 15.1. The van der Waals surface area contributed by atoms with E-state index < -0.39 is 5.60 Å². The molecule has 1 fully saturated rings. The highest BCUT2D eigenvalue weighted by atomic mass is 79.9. The molecule has 0 saturated heterocycles. The zero-order valence-electron chi connectivity index (χ0n) is 13.5. The Morgan fingerprint density at radius 2 is 1.90 bits per heavy atom. The van der Waals surface area contributed by atoms with Crippen molar-refractivity contribution in [1.29, 1.82) is 0 Å². The van der Waals surface area contributed by atoms with Crippen LogP contribution >= 0.6 is 15.9 Å². The summed E-state index contributed by atoms with van der Waals surface area (Å²) in [6.07, 6.45) is 3.99. The van der Waals surface area contributed by atoms with Crippen LogP contribution in [0, 0.1) is 5.92 Å². The van der Waals surface area contributed by atoms with E-state index in [1.165, 1.54) is 0 Å². The first-order chi connectivity index (χ1) is 9.69. The Labute approximate surface area is 134 Å². The fraction of sp³-hybridized carbons (Fsp3) is 0.750. The Hall–Kier alpha value is -0.680. The summed E-state index contributed by atoms with van der Waals surface area (Å²) in [5.41, 5.74) is 0.0155. The lowest BCUT2D eigenvalue weighted by molar-refractivity contribution is -0.0601. The fourth-order valence-electron chi connectivity index (χ4n) is 2.94. The van der Waals surface area contributed by atoms with Crippen LogP contribution in [0.1, 0.15) is 64.9 Å². The number of hydrogen-bond acceptors (Lipinski definition) is 3. The maximum Gasteiger partial charge on any atom is 0.265 e. The largest absolute Gasteiger partial charge is 0.370 e. The van der Waals surface area contributed by atoms with Gasteiger partial charge in [0.25, 0.3) is 5.56 Å². The number of aromatic nitrogens is 2. The molecular formula is C16H25BrN2O2. The van der Waals surface area contributed by atoms with Crippen molar-refractivity contribution < 1.29 is 4.74 Å². The van der Waals surface area contributed by atoms with Gasteiger partial charge in [-0.05, 0) is 47.5 Å². The van der Waals surface area contributed by atoms with Crippen LogP contribution in [0.25, 0.3) is 0 Å². The molecule has 0 unspecified atom stereocenters. The van der Waals surface area contributed by atoms with Gasteiger partial charge < -0.3 is 9.72 Å². The number of methoxy groups -OCH3 is 1. The third kappa shape index (κ3) is 3.24. The van der Waals surface area contributed by atoms with Gasteiger partial charge in [-0.15, -0.1) is 0 Å². The summed E-state index contributed by atoms with van der Waals surface area (Å²) in [5.74, 6) is 1.38. The Morgan fingerprint density at radius 3 is 2.38 bits per heavy atom. The minimum atomic E-state index is -0.452. The van der Waals surface area contributed by atoms with E-state index in [0.717, 1.165) is 31.4 Å². The third-order valence-electron chi connectivity index (χ3n) is 4.48. The minimum absolute atomic E-state index is 0.125. The molecule has 4 nitrogen and oxygen atoms in total. The van der Waals surface area contributed by atoms with Crippen LogP contribution in [-0.4, -0.2) is 17.1 Å². The maximum atomic E-state index is 12.3. The van der Waals surface area contributed by atoms with Crippen molar-refractivity contribution in [2.45, 2.75) is 64.4 Å². The van der Waals surface area contributed by atoms with Crippen LogP contribution in [0.5, 0.6) is 0 Å². The second-order valence-corrected chi connectivity index (χ2v) is 8.00. The van der Waals surface area contributed by atoms with E-state index in [2.05, 4.69) is 48.6 Å². The van der Waals surface area contributed by atoms with Crippen molar-refractivity contribution in [3.63, 3.8) is 0 Å². The first-order valence-electron chi connectivity index (χ1n) is 7.55. The Bertz CT molecular complexity index is 567. The van der Waals surface area contributed by atoms with Gasteiger partial charge in [-0.3, -0.25) is 4.79 Å². The smallest absolute Gasteiger partial charge is 0.265 e. The molecule has 1 aromatic heterocycles. The summed E-state index contributed by atoms with van der Waals surface area (Å²) < 4.78 is 6.35. The second-order valence-electron chi connectivity index (χ2n) is 7.21. The van der Waals surface area contributed by atoms with Crippen molar-refractivity contribution in [2.75, 3.05) is 7.11 Å². The van der Waals surface area contributed by atoms with E-state index in [4.69, 9.17) is 9.72 Å². The van der Waals surface area contributed by atoms with Gasteiger partial charge in [-0.2, -0.15) is 0 Å². The summed E-state index contributed by atoms with van der Waals surface area (Å²) >= 11 is 3.38. The highest BCUT2D eigenvalue weighted by Gasteiger charge is 2.39. The Morgan fingerprint density at radius 1 is 1.33 bits per heavy atom. The van der Waals surface area contributed by atoms with E-state index in [-0.39, 0.29) is 11.0 Å². The van der Waals surface area contributed by atoms with E-state index in [1.54, 1.807) is 7.11 Å². The molecule has 118 valence electrons. The van der Waals surface area contributed by atoms with Gasteiger partial charge in [-0.25, -0.2) is 4.98 Å². The van der Waals surface area contributed by atoms with Crippen molar-refractivity contribution >= 4 is 15.9 Å². The molecule has 1 heterocycles. The molecule has 5 heteroatoms. The molecule has 0 aliphatic heterocycles. The van der Waals surface area contributed by atoms with Crippen LogP contribution in [0.4, 0.5) is 0 Å². The highest BCUT2D eigenvalue weighted by molar-refractivity contribution is 9.10. The van der Waals surface area contributed by atoms with Gasteiger partial charge in [0, 0.05) is 12.5 Å². The predicted octanol–water partition coefficient (Wildman–Crippen LogP) is 3.88. The molecule has 1 saturated carbocycles. The van der Waals surface area contributed by atoms with Crippen LogP contribution in [0.15, 0.2) is 9.27 Å². The molecule has 0 amide bonds. The molecule has 0 bridgehead atoms. The molecule has 21 heavy (non-hydrogen) atoms. The summed E-state index contributed by atoms with van der Waals surface area (Å²) in [7, 11) is 1.72. The first kappa shape index (κ1) is 16.7. The van der Waals surface area contributed by atoms with Crippen molar-refractivity contribution in [3.05, 3.63) is 26.3 Å². The van der Waals surface area contributed by atoms with Gasteiger partial charge in [0.05, 0.1) is 5.69 Å². The average molecular weight is 357 g/mol.